The van der Waals surface area contributed by atoms with E-state index in [4.69, 9.17) is 0 Å². The Morgan fingerprint density at radius 1 is 0.462 bits per heavy atom. The molecule has 2 aliphatic rings. The summed E-state index contributed by atoms with van der Waals surface area (Å²) in [4.78, 5) is 2.67. The van der Waals surface area contributed by atoms with Crippen molar-refractivity contribution in [2.24, 2.45) is 0 Å². The van der Waals surface area contributed by atoms with Crippen molar-refractivity contribution in [1.82, 2.24) is 4.57 Å². The molecule has 1 aliphatic heterocycles. The second-order valence-corrected chi connectivity index (χ2v) is 11.5. The lowest BCUT2D eigenvalue weighted by Gasteiger charge is -2.40. The van der Waals surface area contributed by atoms with E-state index in [0.717, 1.165) is 0 Å². The molecule has 0 amide bonds. The monoisotopic (exact) mass is 513 g/mol. The van der Waals surface area contributed by atoms with Gasteiger partial charge in [0.05, 0.1) is 16.4 Å². The molecule has 1 aromatic heterocycles. The largest absolute Gasteiger partial charge is 0.308 e. The van der Waals surface area contributed by atoms with Crippen molar-refractivity contribution in [3.8, 4) is 16.8 Å². The Morgan fingerprint density at radius 3 is 1.85 bits per heavy atom. The summed E-state index contributed by atoms with van der Waals surface area (Å²) in [5, 5.41) is 2.59. The molecule has 182 valence electrons. The van der Waals surface area contributed by atoms with E-state index in [1.165, 1.54) is 70.7 Å². The Kier molecular flexibility index (Phi) is 4.26. The normalized spacial score (nSPS) is 14.3. The van der Waals surface area contributed by atoms with Crippen LogP contribution in [0.4, 0.5) is 0 Å². The molecule has 6 aromatic carbocycles. The van der Waals surface area contributed by atoms with Crippen LogP contribution in [0.3, 0.4) is 0 Å². The van der Waals surface area contributed by atoms with Gasteiger partial charge in [-0.05, 0) is 57.6 Å². The average Bonchev–Trinajstić information content (AvgIpc) is 3.50. The SMILES string of the molecule is c1ccc(-n2c3ccccc3c3ccc4c(c32)Sc2ccccc2C42c3ccccc3-c3ccccc32)cc1. The maximum atomic E-state index is 2.48. The third kappa shape index (κ3) is 2.62. The number of rotatable bonds is 1. The van der Waals surface area contributed by atoms with Crippen LogP contribution in [0.1, 0.15) is 22.3 Å². The fourth-order valence-corrected chi connectivity index (χ4v) is 8.53. The molecule has 2 heteroatoms. The summed E-state index contributed by atoms with van der Waals surface area (Å²) in [6.45, 7) is 0. The molecule has 0 fully saturated rings. The lowest BCUT2D eigenvalue weighted by atomic mass is 9.67. The van der Waals surface area contributed by atoms with Gasteiger partial charge in [0.15, 0.2) is 0 Å². The minimum atomic E-state index is -0.365. The van der Waals surface area contributed by atoms with Crippen LogP contribution in [0.25, 0.3) is 38.6 Å². The molecule has 1 nitrogen and oxygen atoms in total. The van der Waals surface area contributed by atoms with Crippen molar-refractivity contribution >= 4 is 33.6 Å². The lowest BCUT2D eigenvalue weighted by Crippen LogP contribution is -2.32. The number of hydrogen-bond acceptors (Lipinski definition) is 1. The highest BCUT2D eigenvalue weighted by atomic mass is 32.2. The Hall–Kier alpha value is -4.53. The second kappa shape index (κ2) is 7.75. The van der Waals surface area contributed by atoms with E-state index in [1.807, 2.05) is 11.8 Å². The van der Waals surface area contributed by atoms with E-state index in [2.05, 4.69) is 144 Å². The predicted octanol–water partition coefficient (Wildman–Crippen LogP) is 9.61. The molecular formula is C37H23NS. The maximum Gasteiger partial charge on any atom is 0.0736 e. The summed E-state index contributed by atoms with van der Waals surface area (Å²) >= 11 is 1.93. The molecule has 0 atom stereocenters. The van der Waals surface area contributed by atoms with Gasteiger partial charge < -0.3 is 4.57 Å². The number of aromatic nitrogens is 1. The van der Waals surface area contributed by atoms with Gasteiger partial charge in [-0.3, -0.25) is 0 Å². The van der Waals surface area contributed by atoms with E-state index < -0.39 is 0 Å². The van der Waals surface area contributed by atoms with Crippen molar-refractivity contribution in [3.63, 3.8) is 0 Å². The van der Waals surface area contributed by atoms with Crippen LogP contribution in [0, 0.1) is 0 Å². The zero-order valence-corrected chi connectivity index (χ0v) is 22.0. The molecule has 39 heavy (non-hydrogen) atoms. The first kappa shape index (κ1) is 21.4. The number of hydrogen-bond donors (Lipinski definition) is 0. The zero-order valence-electron chi connectivity index (χ0n) is 21.1. The van der Waals surface area contributed by atoms with Crippen LogP contribution in [-0.2, 0) is 5.41 Å². The summed E-state index contributed by atoms with van der Waals surface area (Å²) in [5.41, 5.74) is 11.5. The van der Waals surface area contributed by atoms with E-state index >= 15 is 0 Å². The summed E-state index contributed by atoms with van der Waals surface area (Å²) in [7, 11) is 0. The first-order chi connectivity index (χ1) is 19.4. The fourth-order valence-electron chi connectivity index (χ4n) is 7.21. The van der Waals surface area contributed by atoms with Crippen LogP contribution in [-0.4, -0.2) is 4.57 Å². The van der Waals surface area contributed by atoms with Gasteiger partial charge in [0.25, 0.3) is 0 Å². The Morgan fingerprint density at radius 2 is 1.08 bits per heavy atom. The van der Waals surface area contributed by atoms with Gasteiger partial charge in [-0.2, -0.15) is 0 Å². The smallest absolute Gasteiger partial charge is 0.0736 e. The second-order valence-electron chi connectivity index (χ2n) is 10.5. The molecule has 1 aliphatic carbocycles. The molecule has 0 N–H and O–H groups in total. The van der Waals surface area contributed by atoms with Gasteiger partial charge in [0.2, 0.25) is 0 Å². The van der Waals surface area contributed by atoms with Crippen LogP contribution in [0.15, 0.2) is 149 Å². The van der Waals surface area contributed by atoms with Gasteiger partial charge in [0, 0.05) is 26.3 Å². The predicted molar refractivity (Wildman–Crippen MR) is 162 cm³/mol. The molecular weight excluding hydrogens is 490 g/mol. The maximum absolute atomic E-state index is 2.48. The molecule has 0 saturated heterocycles. The summed E-state index contributed by atoms with van der Waals surface area (Å²) in [6.07, 6.45) is 0. The molecule has 0 radical (unpaired) electrons. The van der Waals surface area contributed by atoms with Crippen LogP contribution >= 0.6 is 11.8 Å². The standard InChI is InChI=1S/C37H23NS/c1-2-12-24(13-3-1)38-33-20-10-6-16-27(33)28-22-23-32-36(35(28)38)39-34-21-11-9-19-31(34)37(32)29-17-7-4-14-25(29)26-15-5-8-18-30(26)37/h1-23H. The number of fused-ring (bicyclic) bond motifs is 13. The molecule has 0 saturated carbocycles. The zero-order chi connectivity index (χ0) is 25.6. The summed E-state index contributed by atoms with van der Waals surface area (Å²) in [5.74, 6) is 0. The van der Waals surface area contributed by atoms with E-state index in [0.29, 0.717) is 0 Å². The topological polar surface area (TPSA) is 4.93 Å². The van der Waals surface area contributed by atoms with Crippen molar-refractivity contribution in [3.05, 3.63) is 162 Å². The van der Waals surface area contributed by atoms with Crippen molar-refractivity contribution < 1.29 is 0 Å². The first-order valence-corrected chi connectivity index (χ1v) is 14.3. The summed E-state index contributed by atoms with van der Waals surface area (Å²) in [6, 6.07) is 51.5. The average molecular weight is 514 g/mol. The van der Waals surface area contributed by atoms with Gasteiger partial charge in [-0.1, -0.05) is 127 Å². The quantitative estimate of drug-likeness (QED) is 0.211. The fraction of sp³-hybridized carbons (Fsp3) is 0.0270. The minimum absolute atomic E-state index is 0.365. The Bertz CT molecular complexity index is 2050. The first-order valence-electron chi connectivity index (χ1n) is 13.5. The number of benzene rings is 6. The van der Waals surface area contributed by atoms with E-state index in [1.54, 1.807) is 0 Å². The van der Waals surface area contributed by atoms with Crippen molar-refractivity contribution in [1.29, 1.82) is 0 Å². The molecule has 7 aromatic rings. The van der Waals surface area contributed by atoms with Gasteiger partial charge in [-0.25, -0.2) is 0 Å². The molecule has 0 bridgehead atoms. The Balaban J connectivity index is 1.51. The van der Waals surface area contributed by atoms with Gasteiger partial charge in [-0.15, -0.1) is 0 Å². The number of para-hydroxylation sites is 2. The molecule has 2 heterocycles. The highest BCUT2D eigenvalue weighted by molar-refractivity contribution is 7.99. The Labute approximate surface area is 231 Å². The third-order valence-corrected chi connectivity index (χ3v) is 9.86. The molecule has 1 spiro atoms. The number of nitrogens with zero attached hydrogens (tertiary/aromatic N) is 1. The lowest BCUT2D eigenvalue weighted by molar-refractivity contribution is 0.724. The van der Waals surface area contributed by atoms with E-state index in [9.17, 15) is 0 Å². The van der Waals surface area contributed by atoms with Crippen LogP contribution in [0.5, 0.6) is 0 Å². The highest BCUT2D eigenvalue weighted by Gasteiger charge is 2.50. The van der Waals surface area contributed by atoms with E-state index in [-0.39, 0.29) is 5.41 Å². The van der Waals surface area contributed by atoms with Crippen LogP contribution < -0.4 is 0 Å². The van der Waals surface area contributed by atoms with Crippen molar-refractivity contribution in [2.75, 3.05) is 0 Å². The third-order valence-electron chi connectivity index (χ3n) is 8.66. The highest BCUT2D eigenvalue weighted by Crippen LogP contribution is 2.63. The molecule has 9 rings (SSSR count). The summed E-state index contributed by atoms with van der Waals surface area (Å²) < 4.78 is 2.48. The van der Waals surface area contributed by atoms with Crippen molar-refractivity contribution in [2.45, 2.75) is 15.2 Å². The van der Waals surface area contributed by atoms with Gasteiger partial charge in [0.1, 0.15) is 0 Å². The van der Waals surface area contributed by atoms with Gasteiger partial charge >= 0.3 is 0 Å². The van der Waals surface area contributed by atoms with Crippen LogP contribution in [0.2, 0.25) is 0 Å². The minimum Gasteiger partial charge on any atom is -0.308 e. The molecule has 0 unspecified atom stereocenters.